The minimum absolute atomic E-state index is 0.00740. The van der Waals surface area contributed by atoms with Gasteiger partial charge in [-0.25, -0.2) is 14.8 Å². The third-order valence-electron chi connectivity index (χ3n) is 2.60. The number of carbonyl (C=O) groups is 1. The van der Waals surface area contributed by atoms with Crippen LogP contribution in [0.2, 0.25) is 5.02 Å². The van der Waals surface area contributed by atoms with Crippen molar-refractivity contribution >= 4 is 17.6 Å². The summed E-state index contributed by atoms with van der Waals surface area (Å²) in [7, 11) is 0. The molecule has 1 N–H and O–H groups in total. The van der Waals surface area contributed by atoms with Crippen LogP contribution in [-0.4, -0.2) is 21.0 Å². The van der Waals surface area contributed by atoms with Gasteiger partial charge >= 0.3 is 5.97 Å². The first-order chi connectivity index (χ1) is 9.60. The van der Waals surface area contributed by atoms with E-state index in [0.29, 0.717) is 11.6 Å². The molecule has 5 nitrogen and oxygen atoms in total. The van der Waals surface area contributed by atoms with Gasteiger partial charge in [-0.05, 0) is 24.6 Å². The van der Waals surface area contributed by atoms with Crippen LogP contribution >= 0.6 is 11.6 Å². The number of nitrogens with zero attached hydrogens (tertiary/aromatic N) is 2. The Labute approximate surface area is 121 Å². The predicted octanol–water partition coefficient (Wildman–Crippen LogP) is 3.57. The predicted molar refractivity (Wildman–Crippen MR) is 74.5 cm³/mol. The monoisotopic (exact) mass is 292 g/mol. The number of aryl methyl sites for hydroxylation is 1. The number of aromatic nitrogens is 2. The van der Waals surface area contributed by atoms with Crippen LogP contribution in [0.15, 0.2) is 30.6 Å². The first-order valence-corrected chi connectivity index (χ1v) is 6.49. The Morgan fingerprint density at radius 1 is 1.35 bits per heavy atom. The molecule has 1 aromatic carbocycles. The minimum atomic E-state index is -1.10. The van der Waals surface area contributed by atoms with Crippen molar-refractivity contribution in [2.24, 2.45) is 0 Å². The molecule has 0 saturated carbocycles. The molecular weight excluding hydrogens is 280 g/mol. The van der Waals surface area contributed by atoms with Crippen molar-refractivity contribution in [2.45, 2.75) is 19.8 Å². The molecule has 20 heavy (non-hydrogen) atoms. The van der Waals surface area contributed by atoms with Crippen LogP contribution in [-0.2, 0) is 6.42 Å². The van der Waals surface area contributed by atoms with Crippen molar-refractivity contribution in [1.29, 1.82) is 0 Å². The van der Waals surface area contributed by atoms with Crippen LogP contribution in [0.1, 0.15) is 29.4 Å². The number of rotatable bonds is 5. The maximum Gasteiger partial charge on any atom is 0.337 e. The lowest BCUT2D eigenvalue weighted by Crippen LogP contribution is -1.99. The van der Waals surface area contributed by atoms with Crippen molar-refractivity contribution < 1.29 is 14.6 Å². The van der Waals surface area contributed by atoms with Gasteiger partial charge in [-0.2, -0.15) is 0 Å². The van der Waals surface area contributed by atoms with Crippen LogP contribution in [0.25, 0.3) is 0 Å². The van der Waals surface area contributed by atoms with Crippen molar-refractivity contribution in [1.82, 2.24) is 9.97 Å². The fraction of sp³-hybridized carbons (Fsp3) is 0.214. The number of benzene rings is 1. The van der Waals surface area contributed by atoms with Crippen LogP contribution in [0.5, 0.6) is 11.6 Å². The maximum atomic E-state index is 11.0. The molecule has 2 aromatic rings. The molecule has 0 aliphatic heterocycles. The summed E-state index contributed by atoms with van der Waals surface area (Å²) in [5, 5.41) is 9.17. The molecule has 104 valence electrons. The molecule has 1 heterocycles. The van der Waals surface area contributed by atoms with Gasteiger partial charge in [0.15, 0.2) is 0 Å². The first-order valence-electron chi connectivity index (χ1n) is 6.11. The highest BCUT2D eigenvalue weighted by Gasteiger charge is 2.11. The van der Waals surface area contributed by atoms with E-state index >= 15 is 0 Å². The molecule has 0 saturated heterocycles. The second kappa shape index (κ2) is 6.34. The second-order valence-corrected chi connectivity index (χ2v) is 4.55. The molecule has 0 bridgehead atoms. The molecule has 1 aromatic heterocycles. The van der Waals surface area contributed by atoms with Gasteiger partial charge in [-0.3, -0.25) is 0 Å². The second-order valence-electron chi connectivity index (χ2n) is 4.15. The van der Waals surface area contributed by atoms with Crippen molar-refractivity contribution in [2.75, 3.05) is 0 Å². The topological polar surface area (TPSA) is 72.3 Å². The normalized spacial score (nSPS) is 10.3. The van der Waals surface area contributed by atoms with E-state index in [1.54, 1.807) is 12.1 Å². The smallest absolute Gasteiger partial charge is 0.337 e. The van der Waals surface area contributed by atoms with E-state index in [9.17, 15) is 4.79 Å². The number of halogens is 1. The number of hydrogen-bond donors (Lipinski definition) is 1. The Bertz CT molecular complexity index is 632. The van der Waals surface area contributed by atoms with Crippen LogP contribution in [0.4, 0.5) is 0 Å². The minimum Gasteiger partial charge on any atom is -0.478 e. The summed E-state index contributed by atoms with van der Waals surface area (Å²) in [5.41, 5.74) is 0.872. The van der Waals surface area contributed by atoms with Gasteiger partial charge in [0, 0.05) is 11.8 Å². The van der Waals surface area contributed by atoms with E-state index < -0.39 is 5.97 Å². The Kier molecular flexibility index (Phi) is 4.53. The molecule has 0 fully saturated rings. The Balaban J connectivity index is 2.23. The van der Waals surface area contributed by atoms with Gasteiger partial charge in [-0.15, -0.1) is 0 Å². The lowest BCUT2D eigenvalue weighted by molar-refractivity contribution is 0.0696. The van der Waals surface area contributed by atoms with Crippen molar-refractivity contribution in [3.8, 4) is 11.6 Å². The lowest BCUT2D eigenvalue weighted by atomic mass is 10.2. The SMILES string of the molecule is CCCc1cc(Oc2ccc(Cl)c(C(=O)O)c2)ncn1. The fourth-order valence-electron chi connectivity index (χ4n) is 1.68. The number of ether oxygens (including phenoxy) is 1. The summed E-state index contributed by atoms with van der Waals surface area (Å²) in [4.78, 5) is 19.1. The van der Waals surface area contributed by atoms with Gasteiger partial charge in [0.2, 0.25) is 5.88 Å². The Morgan fingerprint density at radius 2 is 2.15 bits per heavy atom. The molecule has 0 aliphatic carbocycles. The van der Waals surface area contributed by atoms with Crippen molar-refractivity contribution in [3.63, 3.8) is 0 Å². The van der Waals surface area contributed by atoms with Gasteiger partial charge in [0.05, 0.1) is 10.6 Å². The zero-order valence-corrected chi connectivity index (χ0v) is 11.6. The molecule has 0 radical (unpaired) electrons. The summed E-state index contributed by atoms with van der Waals surface area (Å²) in [6.07, 6.45) is 3.23. The number of aromatic carboxylic acids is 1. The average Bonchev–Trinajstić information content (AvgIpc) is 2.41. The zero-order chi connectivity index (χ0) is 14.5. The highest BCUT2D eigenvalue weighted by Crippen LogP contribution is 2.25. The van der Waals surface area contributed by atoms with E-state index in [-0.39, 0.29) is 10.6 Å². The van der Waals surface area contributed by atoms with E-state index in [1.165, 1.54) is 18.5 Å². The molecule has 0 atom stereocenters. The molecule has 0 amide bonds. The van der Waals surface area contributed by atoms with Crippen LogP contribution in [0, 0.1) is 0 Å². The summed E-state index contributed by atoms with van der Waals surface area (Å²) in [6.45, 7) is 2.06. The molecule has 0 unspecified atom stereocenters. The van der Waals surface area contributed by atoms with Gasteiger partial charge in [0.1, 0.15) is 12.1 Å². The first kappa shape index (κ1) is 14.3. The standard InChI is InChI=1S/C14H13ClN2O3/c1-2-3-9-6-13(17-8-16-9)20-10-4-5-12(15)11(7-10)14(18)19/h4-8H,2-3H2,1H3,(H,18,19). The van der Waals surface area contributed by atoms with Crippen LogP contribution < -0.4 is 4.74 Å². The third kappa shape index (κ3) is 3.45. The summed E-state index contributed by atoms with van der Waals surface area (Å²) >= 11 is 5.80. The van der Waals surface area contributed by atoms with Crippen LogP contribution in [0.3, 0.4) is 0 Å². The highest BCUT2D eigenvalue weighted by atomic mass is 35.5. The van der Waals surface area contributed by atoms with E-state index in [4.69, 9.17) is 21.4 Å². The van der Waals surface area contributed by atoms with E-state index in [2.05, 4.69) is 16.9 Å². The Hall–Kier alpha value is -2.14. The quantitative estimate of drug-likeness (QED) is 0.912. The summed E-state index contributed by atoms with van der Waals surface area (Å²) in [5.74, 6) is -0.357. The number of carboxylic acid groups (broad SMARTS) is 1. The summed E-state index contributed by atoms with van der Waals surface area (Å²) in [6, 6.07) is 6.18. The van der Waals surface area contributed by atoms with E-state index in [0.717, 1.165) is 18.5 Å². The average molecular weight is 293 g/mol. The maximum absolute atomic E-state index is 11.0. The molecular formula is C14H13ClN2O3. The number of hydrogen-bond acceptors (Lipinski definition) is 4. The van der Waals surface area contributed by atoms with Gasteiger partial charge < -0.3 is 9.84 Å². The molecule has 0 aliphatic rings. The van der Waals surface area contributed by atoms with Gasteiger partial charge in [-0.1, -0.05) is 24.9 Å². The largest absolute Gasteiger partial charge is 0.478 e. The molecule has 6 heteroatoms. The van der Waals surface area contributed by atoms with E-state index in [1.807, 2.05) is 0 Å². The van der Waals surface area contributed by atoms with Crippen molar-refractivity contribution in [3.05, 3.63) is 46.9 Å². The lowest BCUT2D eigenvalue weighted by Gasteiger charge is -2.07. The summed E-state index contributed by atoms with van der Waals surface area (Å²) < 4.78 is 5.54. The zero-order valence-electron chi connectivity index (χ0n) is 10.8. The molecule has 0 spiro atoms. The van der Waals surface area contributed by atoms with Gasteiger partial charge in [0.25, 0.3) is 0 Å². The Morgan fingerprint density at radius 3 is 2.85 bits per heavy atom. The third-order valence-corrected chi connectivity index (χ3v) is 2.93. The molecule has 2 rings (SSSR count). The highest BCUT2D eigenvalue weighted by molar-refractivity contribution is 6.33. The number of carboxylic acids is 1. The fourth-order valence-corrected chi connectivity index (χ4v) is 1.88.